The lowest BCUT2D eigenvalue weighted by Gasteiger charge is -2.22. The summed E-state index contributed by atoms with van der Waals surface area (Å²) >= 11 is 5.99. The maximum atomic E-state index is 12.7. The minimum Gasteiger partial charge on any atom is -0.350 e. The molecule has 0 spiro atoms. The Kier molecular flexibility index (Phi) is 5.44. The molecule has 10 heteroatoms. The average Bonchev–Trinajstić information content (AvgIpc) is 2.99. The fraction of sp³-hybridized carbons (Fsp3) is 0.316. The van der Waals surface area contributed by atoms with Crippen LogP contribution in [0.3, 0.4) is 0 Å². The number of benzene rings is 1. The second-order valence-corrected chi connectivity index (χ2v) is 7.44. The van der Waals surface area contributed by atoms with E-state index >= 15 is 0 Å². The molecule has 0 aliphatic heterocycles. The molecule has 6 nitrogen and oxygen atoms in total. The van der Waals surface area contributed by atoms with Crippen molar-refractivity contribution in [2.24, 2.45) is 5.92 Å². The van der Waals surface area contributed by atoms with Crippen molar-refractivity contribution >= 4 is 45.1 Å². The Morgan fingerprint density at radius 3 is 2.52 bits per heavy atom. The number of fused-ring (bicyclic) bond motifs is 3. The van der Waals surface area contributed by atoms with Crippen molar-refractivity contribution in [1.82, 2.24) is 14.9 Å². The molecule has 3 aromatic rings. The van der Waals surface area contributed by atoms with E-state index in [9.17, 15) is 27.6 Å². The molecule has 0 saturated carbocycles. The van der Waals surface area contributed by atoms with Crippen LogP contribution in [0.15, 0.2) is 35.3 Å². The van der Waals surface area contributed by atoms with E-state index < -0.39 is 41.9 Å². The predicted octanol–water partition coefficient (Wildman–Crippen LogP) is 3.41. The monoisotopic (exact) mass is 427 g/mol. The maximum Gasteiger partial charge on any atom is 0.452 e. The van der Waals surface area contributed by atoms with Crippen LogP contribution in [0, 0.1) is 5.92 Å². The van der Waals surface area contributed by atoms with Gasteiger partial charge in [0.2, 0.25) is 5.91 Å². The number of nitrogens with zero attached hydrogens (tertiary/aromatic N) is 1. The molecule has 1 atom stereocenters. The summed E-state index contributed by atoms with van der Waals surface area (Å²) in [5, 5.41) is 3.92. The normalized spacial score (nSPS) is 13.2. The number of hydrogen-bond acceptors (Lipinski definition) is 3. The fourth-order valence-corrected chi connectivity index (χ4v) is 3.28. The number of rotatable bonds is 5. The number of aromatic amines is 1. The van der Waals surface area contributed by atoms with Crippen LogP contribution < -0.4 is 10.9 Å². The van der Waals surface area contributed by atoms with Gasteiger partial charge in [-0.15, -0.1) is 0 Å². The van der Waals surface area contributed by atoms with Gasteiger partial charge in [0.15, 0.2) is 0 Å². The molecule has 0 saturated heterocycles. The third-order valence-corrected chi connectivity index (χ3v) is 4.79. The molecule has 1 aromatic carbocycles. The smallest absolute Gasteiger partial charge is 0.350 e. The Labute approximate surface area is 167 Å². The van der Waals surface area contributed by atoms with Crippen molar-refractivity contribution in [2.75, 3.05) is 0 Å². The third-order valence-electron chi connectivity index (χ3n) is 4.56. The minimum atomic E-state index is -5.07. The van der Waals surface area contributed by atoms with Gasteiger partial charge in [-0.1, -0.05) is 25.4 Å². The predicted molar refractivity (Wildman–Crippen MR) is 103 cm³/mol. The molecule has 154 valence electrons. The molecule has 2 heterocycles. The minimum absolute atomic E-state index is 0.240. The molecule has 2 aromatic heterocycles. The Morgan fingerprint density at radius 1 is 1.21 bits per heavy atom. The fourth-order valence-electron chi connectivity index (χ4n) is 3.11. The van der Waals surface area contributed by atoms with E-state index in [1.807, 2.05) is 0 Å². The number of H-pyrrole nitrogens is 1. The Balaban J connectivity index is 1.88. The molecule has 1 unspecified atom stereocenters. The number of aromatic nitrogens is 2. The Hall–Kier alpha value is -2.81. The van der Waals surface area contributed by atoms with Crippen molar-refractivity contribution in [1.29, 1.82) is 0 Å². The van der Waals surface area contributed by atoms with Crippen LogP contribution in [-0.2, 0) is 16.1 Å². The van der Waals surface area contributed by atoms with Gasteiger partial charge < -0.3 is 14.9 Å². The van der Waals surface area contributed by atoms with Crippen molar-refractivity contribution in [3.8, 4) is 0 Å². The van der Waals surface area contributed by atoms with E-state index in [2.05, 4.69) is 10.3 Å². The zero-order chi connectivity index (χ0) is 21.5. The van der Waals surface area contributed by atoms with Crippen molar-refractivity contribution in [3.05, 3.63) is 45.8 Å². The van der Waals surface area contributed by atoms with Gasteiger partial charge in [0.1, 0.15) is 12.1 Å². The number of alkyl halides is 3. The van der Waals surface area contributed by atoms with Crippen molar-refractivity contribution in [2.45, 2.75) is 32.6 Å². The molecule has 0 aliphatic carbocycles. The van der Waals surface area contributed by atoms with Crippen LogP contribution in [0.4, 0.5) is 13.2 Å². The van der Waals surface area contributed by atoms with Gasteiger partial charge in [0.05, 0.1) is 6.04 Å². The molecular weight excluding hydrogens is 411 g/mol. The third kappa shape index (κ3) is 4.14. The van der Waals surface area contributed by atoms with Gasteiger partial charge in [-0.25, -0.2) is 0 Å². The number of amides is 1. The van der Waals surface area contributed by atoms with Gasteiger partial charge in [-0.3, -0.25) is 14.4 Å². The highest BCUT2D eigenvalue weighted by Gasteiger charge is 2.44. The van der Waals surface area contributed by atoms with E-state index in [-0.39, 0.29) is 5.52 Å². The lowest BCUT2D eigenvalue weighted by Crippen LogP contribution is -2.50. The molecule has 0 aliphatic rings. The summed E-state index contributed by atoms with van der Waals surface area (Å²) in [6.07, 6.45) is -3.70. The molecule has 29 heavy (non-hydrogen) atoms. The summed E-state index contributed by atoms with van der Waals surface area (Å²) in [5.41, 5.74) is 0.400. The van der Waals surface area contributed by atoms with Crippen molar-refractivity contribution in [3.63, 3.8) is 0 Å². The lowest BCUT2D eigenvalue weighted by atomic mass is 9.99. The second kappa shape index (κ2) is 7.55. The summed E-state index contributed by atoms with van der Waals surface area (Å²) in [6, 6.07) is 4.96. The molecule has 0 radical (unpaired) electrons. The zero-order valence-electron chi connectivity index (χ0n) is 15.4. The highest BCUT2D eigenvalue weighted by molar-refractivity contribution is 6.31. The molecule has 3 rings (SSSR count). The van der Waals surface area contributed by atoms with E-state index in [4.69, 9.17) is 11.6 Å². The van der Waals surface area contributed by atoms with Gasteiger partial charge in [-0.05, 0) is 30.2 Å². The van der Waals surface area contributed by atoms with Crippen LogP contribution in [0.5, 0.6) is 0 Å². The summed E-state index contributed by atoms with van der Waals surface area (Å²) in [7, 11) is 0. The number of carbonyl (C=O) groups is 2. The first-order chi connectivity index (χ1) is 13.5. The summed E-state index contributed by atoms with van der Waals surface area (Å²) in [6.45, 7) is 2.25. The van der Waals surface area contributed by atoms with Gasteiger partial charge in [-0.2, -0.15) is 13.2 Å². The average molecular weight is 428 g/mol. The van der Waals surface area contributed by atoms with E-state index in [0.29, 0.717) is 15.9 Å². The molecule has 2 N–H and O–H groups in total. The van der Waals surface area contributed by atoms with Gasteiger partial charge >= 0.3 is 6.18 Å². The summed E-state index contributed by atoms with van der Waals surface area (Å²) in [4.78, 5) is 39.4. The summed E-state index contributed by atoms with van der Waals surface area (Å²) in [5.74, 6) is -3.68. The molecule has 1 amide bonds. The van der Waals surface area contributed by atoms with E-state index in [1.54, 1.807) is 24.3 Å². The van der Waals surface area contributed by atoms with E-state index in [0.717, 1.165) is 9.95 Å². The zero-order valence-corrected chi connectivity index (χ0v) is 16.2. The van der Waals surface area contributed by atoms with E-state index in [1.165, 1.54) is 20.0 Å². The Bertz CT molecular complexity index is 1160. The largest absolute Gasteiger partial charge is 0.452 e. The highest BCUT2D eigenvalue weighted by atomic mass is 35.5. The number of pyridine rings is 1. The first-order valence-corrected chi connectivity index (χ1v) is 9.07. The number of halogens is 4. The Morgan fingerprint density at radius 2 is 1.90 bits per heavy atom. The van der Waals surface area contributed by atoms with Gasteiger partial charge in [0, 0.05) is 27.5 Å². The van der Waals surface area contributed by atoms with Crippen molar-refractivity contribution < 1.29 is 22.8 Å². The topological polar surface area (TPSA) is 84.0 Å². The molecular formula is C19H17ClF3N3O3. The number of carbonyl (C=O) groups excluding carboxylic acids is 2. The first kappa shape index (κ1) is 20.9. The number of nitrogens with one attached hydrogen (secondary N) is 2. The number of Topliss-reactive ketones (excluding diaryl/α,β-unsaturated/α-hetero) is 1. The van der Waals surface area contributed by atoms with Crippen LogP contribution in [0.25, 0.3) is 21.8 Å². The van der Waals surface area contributed by atoms with Gasteiger partial charge in [0.25, 0.3) is 11.3 Å². The molecule has 0 fully saturated rings. The SMILES string of the molecule is CC(C)C(NC(=O)Cn1ccc2c([nH]c3ccc(Cl)cc32)c1=O)C(=O)C(F)(F)F. The maximum absolute atomic E-state index is 12.7. The quantitative estimate of drug-likeness (QED) is 0.654. The van der Waals surface area contributed by atoms with Crippen LogP contribution in [0.2, 0.25) is 5.02 Å². The van der Waals surface area contributed by atoms with Crippen LogP contribution in [0.1, 0.15) is 13.8 Å². The standard InChI is InChI=1S/C19H17ClF3N3O3/c1-9(2)15(17(28)19(21,22)23)25-14(27)8-26-6-5-11-12-7-10(20)3-4-13(12)24-16(11)18(26)29/h3-7,9,15,24H,8H2,1-2H3,(H,25,27). The van der Waals surface area contributed by atoms with Crippen LogP contribution >= 0.6 is 11.6 Å². The van der Waals surface area contributed by atoms with Crippen LogP contribution in [-0.4, -0.2) is 33.5 Å². The molecule has 0 bridgehead atoms. The second-order valence-electron chi connectivity index (χ2n) is 7.00. The highest BCUT2D eigenvalue weighted by Crippen LogP contribution is 2.26. The summed E-state index contributed by atoms with van der Waals surface area (Å²) < 4.78 is 39.3. The number of ketones is 1. The first-order valence-electron chi connectivity index (χ1n) is 8.70. The number of hydrogen-bond donors (Lipinski definition) is 2. The lowest BCUT2D eigenvalue weighted by molar-refractivity contribution is -0.174.